The van der Waals surface area contributed by atoms with Crippen molar-refractivity contribution < 1.29 is 24.2 Å². The number of hydrogen-bond donors (Lipinski definition) is 3. The number of esters is 1. The maximum Gasteiger partial charge on any atom is 0.322 e. The number of para-hydroxylation sites is 1. The summed E-state index contributed by atoms with van der Waals surface area (Å²) in [5, 5.41) is 16.5. The van der Waals surface area contributed by atoms with Crippen LogP contribution >= 0.6 is 0 Å². The number of carbonyl (C=O) groups excluding carboxylic acids is 2. The topological polar surface area (TPSA) is 110 Å². The number of fused-ring (bicyclic) bond motifs is 3. The monoisotopic (exact) mass is 463 g/mol. The molecule has 3 aromatic rings. The van der Waals surface area contributed by atoms with Gasteiger partial charge >= 0.3 is 11.9 Å². The van der Waals surface area contributed by atoms with E-state index in [0.29, 0.717) is 19.3 Å². The minimum Gasteiger partial charge on any atom is -0.480 e. The Hall–Kier alpha value is -3.49. The molecule has 8 heteroatoms. The Morgan fingerprint density at radius 3 is 2.56 bits per heavy atom. The van der Waals surface area contributed by atoms with E-state index < -0.39 is 30.1 Å². The van der Waals surface area contributed by atoms with Gasteiger partial charge in [-0.25, -0.2) is 0 Å². The Morgan fingerprint density at radius 1 is 1.15 bits per heavy atom. The number of carboxylic acids is 1. The van der Waals surface area contributed by atoms with E-state index in [1.165, 1.54) is 7.11 Å². The highest BCUT2D eigenvalue weighted by Gasteiger charge is 2.32. The Morgan fingerprint density at radius 2 is 1.85 bits per heavy atom. The fourth-order valence-corrected chi connectivity index (χ4v) is 4.63. The summed E-state index contributed by atoms with van der Waals surface area (Å²) in [6.07, 6.45) is 1.45. The van der Waals surface area contributed by atoms with Gasteiger partial charge in [0.15, 0.2) is 0 Å². The normalized spacial score (nSPS) is 17.1. The van der Waals surface area contributed by atoms with E-state index in [0.717, 1.165) is 27.7 Å². The number of ether oxygens (including phenoxy) is 1. The second kappa shape index (κ2) is 10.2. The lowest BCUT2D eigenvalue weighted by molar-refractivity contribution is -0.143. The zero-order valence-electron chi connectivity index (χ0n) is 19.3. The number of rotatable bonds is 8. The quantitative estimate of drug-likeness (QED) is 0.441. The largest absolute Gasteiger partial charge is 0.480 e. The van der Waals surface area contributed by atoms with Crippen molar-refractivity contribution in [2.75, 3.05) is 7.11 Å². The molecule has 2 aromatic carbocycles. The van der Waals surface area contributed by atoms with Crippen molar-refractivity contribution in [3.05, 3.63) is 71.4 Å². The Kier molecular flexibility index (Phi) is 7.09. The van der Waals surface area contributed by atoms with Crippen molar-refractivity contribution >= 4 is 28.7 Å². The van der Waals surface area contributed by atoms with Crippen LogP contribution in [-0.4, -0.2) is 52.8 Å². The molecule has 4 rings (SSSR count). The summed E-state index contributed by atoms with van der Waals surface area (Å²) < 4.78 is 6.63. The van der Waals surface area contributed by atoms with E-state index in [2.05, 4.69) is 10.6 Å². The van der Waals surface area contributed by atoms with Crippen molar-refractivity contribution in [2.24, 2.45) is 0 Å². The van der Waals surface area contributed by atoms with Crippen molar-refractivity contribution in [1.82, 2.24) is 15.2 Å². The van der Waals surface area contributed by atoms with Crippen molar-refractivity contribution in [1.29, 1.82) is 0 Å². The molecule has 34 heavy (non-hydrogen) atoms. The number of hydrogen-bond acceptors (Lipinski definition) is 6. The molecular formula is C26H29N3O5. The van der Waals surface area contributed by atoms with E-state index in [-0.39, 0.29) is 12.5 Å². The molecule has 1 aliphatic rings. The molecule has 0 bridgehead atoms. The van der Waals surface area contributed by atoms with Crippen LogP contribution in [-0.2, 0) is 33.7 Å². The fraction of sp³-hybridized carbons (Fsp3) is 0.346. The zero-order chi connectivity index (χ0) is 24.2. The third-order valence-electron chi connectivity index (χ3n) is 6.40. The van der Waals surface area contributed by atoms with Crippen molar-refractivity contribution in [3.8, 4) is 0 Å². The predicted octanol–water partition coefficient (Wildman–Crippen LogP) is 2.53. The molecule has 178 valence electrons. The predicted molar refractivity (Wildman–Crippen MR) is 128 cm³/mol. The Balaban J connectivity index is 1.58. The summed E-state index contributed by atoms with van der Waals surface area (Å²) in [4.78, 5) is 37.6. The number of aryl methyl sites for hydroxylation is 1. The number of aromatic nitrogens is 1. The molecule has 2 unspecified atom stereocenters. The van der Waals surface area contributed by atoms with E-state index in [1.807, 2.05) is 54.6 Å². The highest BCUT2D eigenvalue weighted by molar-refractivity contribution is 5.98. The average molecular weight is 464 g/mol. The van der Waals surface area contributed by atoms with Gasteiger partial charge < -0.3 is 9.84 Å². The maximum atomic E-state index is 13.6. The van der Waals surface area contributed by atoms with Crippen molar-refractivity contribution in [2.45, 2.75) is 50.9 Å². The highest BCUT2D eigenvalue weighted by atomic mass is 16.5. The van der Waals surface area contributed by atoms with E-state index >= 15 is 0 Å². The first kappa shape index (κ1) is 23.7. The lowest BCUT2D eigenvalue weighted by Gasteiger charge is -2.25. The van der Waals surface area contributed by atoms with Gasteiger partial charge in [-0.1, -0.05) is 48.5 Å². The van der Waals surface area contributed by atoms with Crippen LogP contribution in [0.15, 0.2) is 54.6 Å². The molecule has 2 heterocycles. The van der Waals surface area contributed by atoms with Gasteiger partial charge in [0.05, 0.1) is 18.7 Å². The number of carboxylic acid groups (broad SMARTS) is 1. The van der Waals surface area contributed by atoms with Gasteiger partial charge in [-0.2, -0.15) is 0 Å². The molecule has 1 aliphatic heterocycles. The van der Waals surface area contributed by atoms with Crippen LogP contribution in [0.25, 0.3) is 10.9 Å². The van der Waals surface area contributed by atoms with E-state index in [1.54, 1.807) is 11.5 Å². The van der Waals surface area contributed by atoms with Crippen LogP contribution in [0.5, 0.6) is 0 Å². The van der Waals surface area contributed by atoms with Crippen LogP contribution in [0.3, 0.4) is 0 Å². The molecule has 3 N–H and O–H groups in total. The zero-order valence-corrected chi connectivity index (χ0v) is 19.3. The summed E-state index contributed by atoms with van der Waals surface area (Å²) >= 11 is 0. The summed E-state index contributed by atoms with van der Waals surface area (Å²) in [5.74, 6) is -1.54. The third kappa shape index (κ3) is 4.73. The van der Waals surface area contributed by atoms with Crippen LogP contribution in [0, 0.1) is 0 Å². The van der Waals surface area contributed by atoms with Gasteiger partial charge in [-0.15, -0.1) is 0 Å². The van der Waals surface area contributed by atoms with Gasteiger partial charge in [0.25, 0.3) is 0 Å². The number of benzene rings is 2. The molecule has 0 spiro atoms. The second-order valence-electron chi connectivity index (χ2n) is 8.58. The van der Waals surface area contributed by atoms with Gasteiger partial charge in [0.1, 0.15) is 12.1 Å². The highest BCUT2D eigenvalue weighted by Crippen LogP contribution is 2.30. The molecule has 0 amide bonds. The maximum absolute atomic E-state index is 13.6. The molecule has 0 fully saturated rings. The lowest BCUT2D eigenvalue weighted by Crippen LogP contribution is -2.48. The molecule has 0 radical (unpaired) electrons. The summed E-state index contributed by atoms with van der Waals surface area (Å²) in [7, 11) is 1.34. The van der Waals surface area contributed by atoms with Crippen LogP contribution in [0.4, 0.5) is 0 Å². The molecule has 1 aromatic heterocycles. The van der Waals surface area contributed by atoms with Crippen LogP contribution in [0.1, 0.15) is 35.0 Å². The fourth-order valence-electron chi connectivity index (χ4n) is 4.63. The first-order valence-corrected chi connectivity index (χ1v) is 11.4. The first-order valence-electron chi connectivity index (χ1n) is 11.4. The number of methoxy groups -OCH3 is 1. The van der Waals surface area contributed by atoms with Crippen molar-refractivity contribution in [3.63, 3.8) is 0 Å². The smallest absolute Gasteiger partial charge is 0.322 e. The Labute approximate surface area is 197 Å². The standard InChI is InChI=1S/C26H29N3O5/c1-16(28-20(26(33)34-2)13-12-17-8-4-3-5-9-17)24(30)29-22-11-7-6-10-18(22)19-14-21(25(31)32)27-15-23(19)29/h3-11,16,20-21,27-28H,12-15H2,1-2H3,(H,31,32)/t16-,20?,21?/m0/s1. The molecule has 0 aliphatic carbocycles. The van der Waals surface area contributed by atoms with Gasteiger partial charge in [-0.05, 0) is 37.0 Å². The lowest BCUT2D eigenvalue weighted by atomic mass is 9.98. The average Bonchev–Trinajstić information content (AvgIpc) is 3.19. The second-order valence-corrected chi connectivity index (χ2v) is 8.58. The number of nitrogens with one attached hydrogen (secondary N) is 2. The van der Waals surface area contributed by atoms with Gasteiger partial charge in [0, 0.05) is 24.0 Å². The van der Waals surface area contributed by atoms with Crippen LogP contribution in [0.2, 0.25) is 0 Å². The van der Waals surface area contributed by atoms with E-state index in [9.17, 15) is 19.5 Å². The molecule has 3 atom stereocenters. The molecule has 0 saturated carbocycles. The third-order valence-corrected chi connectivity index (χ3v) is 6.40. The summed E-state index contributed by atoms with van der Waals surface area (Å²) in [6, 6.07) is 15.3. The summed E-state index contributed by atoms with van der Waals surface area (Å²) in [6.45, 7) is 2.01. The minimum absolute atomic E-state index is 0.207. The molecular weight excluding hydrogens is 434 g/mol. The summed E-state index contributed by atoms with van der Waals surface area (Å²) in [5.41, 5.74) is 3.46. The number of nitrogens with zero attached hydrogens (tertiary/aromatic N) is 1. The first-order chi connectivity index (χ1) is 16.4. The minimum atomic E-state index is -0.914. The number of carbonyl (C=O) groups is 3. The number of aliphatic carboxylic acids is 1. The van der Waals surface area contributed by atoms with Gasteiger partial charge in [0.2, 0.25) is 5.91 Å². The Bertz CT molecular complexity index is 1200. The van der Waals surface area contributed by atoms with Gasteiger partial charge in [-0.3, -0.25) is 29.6 Å². The molecule has 8 nitrogen and oxygen atoms in total. The van der Waals surface area contributed by atoms with Crippen LogP contribution < -0.4 is 10.6 Å². The van der Waals surface area contributed by atoms with E-state index in [4.69, 9.17) is 4.74 Å². The SMILES string of the molecule is COC(=O)C(CCc1ccccc1)N[C@@H](C)C(=O)n1c2c(c3ccccc31)CC(C(=O)O)NC2. The molecule has 0 saturated heterocycles.